The highest BCUT2D eigenvalue weighted by Gasteiger charge is 2.13. The van der Waals surface area contributed by atoms with Gasteiger partial charge in [0, 0.05) is 13.1 Å². The largest absolute Gasteiger partial charge is 0.490 e. The summed E-state index contributed by atoms with van der Waals surface area (Å²) in [5.74, 6) is 0.712. The maximum Gasteiger partial charge on any atom is 0.257 e. The first-order valence-electron chi connectivity index (χ1n) is 6.54. The maximum absolute atomic E-state index is 11.6. The molecule has 0 aliphatic heterocycles. The van der Waals surface area contributed by atoms with Crippen LogP contribution in [0.15, 0.2) is 16.6 Å². The van der Waals surface area contributed by atoms with Gasteiger partial charge < -0.3 is 20.5 Å². The van der Waals surface area contributed by atoms with Gasteiger partial charge in [-0.05, 0) is 40.5 Å². The lowest BCUT2D eigenvalue weighted by molar-refractivity contribution is -0.123. The molecule has 21 heavy (non-hydrogen) atoms. The van der Waals surface area contributed by atoms with E-state index in [1.807, 2.05) is 19.1 Å². The van der Waals surface area contributed by atoms with Crippen molar-refractivity contribution in [2.75, 3.05) is 19.8 Å². The van der Waals surface area contributed by atoms with Crippen molar-refractivity contribution in [1.82, 2.24) is 5.32 Å². The molecule has 0 saturated heterocycles. The number of nitriles is 1. The van der Waals surface area contributed by atoms with Crippen molar-refractivity contribution >= 4 is 21.8 Å². The summed E-state index contributed by atoms with van der Waals surface area (Å²) in [5, 5.41) is 11.0. The average Bonchev–Trinajstić information content (AvgIpc) is 2.46. The van der Waals surface area contributed by atoms with Crippen molar-refractivity contribution in [2.45, 2.75) is 19.9 Å². The fourth-order valence-electron chi connectivity index (χ4n) is 1.59. The number of rotatable bonds is 8. The summed E-state index contributed by atoms with van der Waals surface area (Å²) in [5.41, 5.74) is 6.52. The van der Waals surface area contributed by atoms with Gasteiger partial charge in [-0.3, -0.25) is 4.79 Å². The van der Waals surface area contributed by atoms with Gasteiger partial charge in [0.15, 0.2) is 18.1 Å². The van der Waals surface area contributed by atoms with Crippen LogP contribution in [0.25, 0.3) is 0 Å². The van der Waals surface area contributed by atoms with E-state index in [4.69, 9.17) is 20.5 Å². The van der Waals surface area contributed by atoms with E-state index >= 15 is 0 Å². The molecule has 0 saturated carbocycles. The van der Waals surface area contributed by atoms with Gasteiger partial charge >= 0.3 is 0 Å². The number of nitrogens with two attached hydrogens (primary N) is 1. The monoisotopic (exact) mass is 355 g/mol. The Hall–Kier alpha value is -1.78. The predicted molar refractivity (Wildman–Crippen MR) is 81.9 cm³/mol. The minimum absolute atomic E-state index is 0.147. The number of ether oxygens (including phenoxy) is 2. The molecule has 3 N–H and O–H groups in total. The molecule has 0 aliphatic rings. The van der Waals surface area contributed by atoms with Crippen LogP contribution in [-0.2, 0) is 11.3 Å². The van der Waals surface area contributed by atoms with Gasteiger partial charge in [0.1, 0.15) is 0 Å². The number of nitrogens with one attached hydrogen (secondary N) is 1. The molecular formula is C14H18BrN3O3. The number of halogens is 1. The molecule has 0 heterocycles. The molecule has 0 spiro atoms. The number of amides is 1. The third-order valence-electron chi connectivity index (χ3n) is 2.51. The zero-order valence-electron chi connectivity index (χ0n) is 11.8. The van der Waals surface area contributed by atoms with E-state index in [2.05, 4.69) is 21.2 Å². The number of nitrogens with zero attached hydrogens (tertiary/aromatic N) is 1. The fraction of sp³-hybridized carbons (Fsp3) is 0.429. The molecule has 7 heteroatoms. The zero-order valence-corrected chi connectivity index (χ0v) is 13.4. The molecule has 0 fully saturated rings. The van der Waals surface area contributed by atoms with Crippen molar-refractivity contribution in [3.63, 3.8) is 0 Å². The van der Waals surface area contributed by atoms with Crippen LogP contribution in [0.4, 0.5) is 0 Å². The van der Waals surface area contributed by atoms with Gasteiger partial charge in [-0.25, -0.2) is 0 Å². The molecule has 1 aromatic rings. The highest BCUT2D eigenvalue weighted by atomic mass is 79.9. The van der Waals surface area contributed by atoms with Gasteiger partial charge in [-0.2, -0.15) is 5.26 Å². The minimum atomic E-state index is -0.289. The maximum atomic E-state index is 11.6. The standard InChI is InChI=1S/C14H18BrN3O3/c1-2-20-12-7-10(8-17)6-11(15)14(12)21-9-13(19)18-5-3-4-16/h6-7H,2-3,5,8-9,17H2,1H3,(H,18,19). The number of hydrogen-bond acceptors (Lipinski definition) is 5. The van der Waals surface area contributed by atoms with E-state index in [-0.39, 0.29) is 18.9 Å². The predicted octanol–water partition coefficient (Wildman–Crippen LogP) is 1.72. The average molecular weight is 356 g/mol. The van der Waals surface area contributed by atoms with Gasteiger partial charge in [-0.1, -0.05) is 0 Å². The third kappa shape index (κ3) is 5.61. The molecule has 0 aromatic heterocycles. The Kier molecular flexibility index (Phi) is 7.58. The Morgan fingerprint density at radius 1 is 1.48 bits per heavy atom. The fourth-order valence-corrected chi connectivity index (χ4v) is 2.19. The molecule has 1 rings (SSSR count). The van der Waals surface area contributed by atoms with Crippen LogP contribution in [0.3, 0.4) is 0 Å². The Labute approximate surface area is 132 Å². The van der Waals surface area contributed by atoms with Crippen molar-refractivity contribution in [3.8, 4) is 17.6 Å². The summed E-state index contributed by atoms with van der Waals surface area (Å²) >= 11 is 3.39. The van der Waals surface area contributed by atoms with Crippen molar-refractivity contribution in [3.05, 3.63) is 22.2 Å². The van der Waals surface area contributed by atoms with Crippen molar-refractivity contribution in [1.29, 1.82) is 5.26 Å². The first-order valence-corrected chi connectivity index (χ1v) is 7.33. The zero-order chi connectivity index (χ0) is 15.7. The molecule has 1 amide bonds. The molecule has 114 valence electrons. The van der Waals surface area contributed by atoms with Crippen LogP contribution in [0.2, 0.25) is 0 Å². The van der Waals surface area contributed by atoms with Crippen LogP contribution in [0.1, 0.15) is 18.9 Å². The van der Waals surface area contributed by atoms with Crippen LogP contribution in [0, 0.1) is 11.3 Å². The van der Waals surface area contributed by atoms with E-state index in [0.717, 1.165) is 5.56 Å². The second-order valence-electron chi connectivity index (χ2n) is 4.09. The lowest BCUT2D eigenvalue weighted by Crippen LogP contribution is -2.29. The molecule has 0 radical (unpaired) electrons. The highest BCUT2D eigenvalue weighted by Crippen LogP contribution is 2.36. The quantitative estimate of drug-likeness (QED) is 0.691. The molecule has 6 nitrogen and oxygen atoms in total. The lowest BCUT2D eigenvalue weighted by atomic mass is 10.2. The molecule has 0 aliphatic carbocycles. The summed E-state index contributed by atoms with van der Waals surface area (Å²) in [6.45, 7) is 2.89. The summed E-state index contributed by atoms with van der Waals surface area (Å²) in [7, 11) is 0. The summed E-state index contributed by atoms with van der Waals surface area (Å²) < 4.78 is 11.7. The number of hydrogen-bond donors (Lipinski definition) is 2. The van der Waals surface area contributed by atoms with E-state index in [1.54, 1.807) is 6.07 Å². The SMILES string of the molecule is CCOc1cc(CN)cc(Br)c1OCC(=O)NCCC#N. The van der Waals surface area contributed by atoms with E-state index < -0.39 is 0 Å². The van der Waals surface area contributed by atoms with Crippen molar-refractivity contribution < 1.29 is 14.3 Å². The van der Waals surface area contributed by atoms with E-state index in [0.29, 0.717) is 35.7 Å². The summed E-state index contributed by atoms with van der Waals surface area (Å²) in [6, 6.07) is 5.56. The second-order valence-corrected chi connectivity index (χ2v) is 4.94. The lowest BCUT2D eigenvalue weighted by Gasteiger charge is -2.15. The first-order chi connectivity index (χ1) is 10.1. The molecule has 1 aromatic carbocycles. The number of benzene rings is 1. The Morgan fingerprint density at radius 3 is 2.86 bits per heavy atom. The molecule has 0 unspecified atom stereocenters. The van der Waals surface area contributed by atoms with E-state index in [1.165, 1.54) is 0 Å². The Morgan fingerprint density at radius 2 is 2.24 bits per heavy atom. The highest BCUT2D eigenvalue weighted by molar-refractivity contribution is 9.10. The normalized spacial score (nSPS) is 9.81. The van der Waals surface area contributed by atoms with Crippen LogP contribution in [-0.4, -0.2) is 25.7 Å². The molecule has 0 bridgehead atoms. The van der Waals surface area contributed by atoms with Gasteiger partial charge in [0.2, 0.25) is 0 Å². The number of carbonyl (C=O) groups is 1. The van der Waals surface area contributed by atoms with Crippen LogP contribution < -0.4 is 20.5 Å². The van der Waals surface area contributed by atoms with Gasteiger partial charge in [-0.15, -0.1) is 0 Å². The Balaban J connectivity index is 2.73. The topological polar surface area (TPSA) is 97.4 Å². The molecular weight excluding hydrogens is 338 g/mol. The molecule has 0 atom stereocenters. The third-order valence-corrected chi connectivity index (χ3v) is 3.10. The summed E-state index contributed by atoms with van der Waals surface area (Å²) in [6.07, 6.45) is 0.269. The first kappa shape index (κ1) is 17.3. The van der Waals surface area contributed by atoms with Crippen LogP contribution in [0.5, 0.6) is 11.5 Å². The van der Waals surface area contributed by atoms with E-state index in [9.17, 15) is 4.79 Å². The minimum Gasteiger partial charge on any atom is -0.490 e. The summed E-state index contributed by atoms with van der Waals surface area (Å²) in [4.78, 5) is 11.6. The van der Waals surface area contributed by atoms with Gasteiger partial charge in [0.25, 0.3) is 5.91 Å². The smallest absolute Gasteiger partial charge is 0.257 e. The van der Waals surface area contributed by atoms with Gasteiger partial charge in [0.05, 0.1) is 23.6 Å². The second kappa shape index (κ2) is 9.21. The number of carbonyl (C=O) groups excluding carboxylic acids is 1. The van der Waals surface area contributed by atoms with Crippen LogP contribution >= 0.6 is 15.9 Å². The van der Waals surface area contributed by atoms with Crippen molar-refractivity contribution in [2.24, 2.45) is 5.73 Å². The Bertz CT molecular complexity index is 529.